The van der Waals surface area contributed by atoms with Gasteiger partial charge in [0.15, 0.2) is 0 Å². The van der Waals surface area contributed by atoms with Crippen LogP contribution in [0.4, 0.5) is 23.2 Å². The third-order valence-corrected chi connectivity index (χ3v) is 3.96. The molecule has 0 aliphatic rings. The molecule has 2 aromatic carbocycles. The molecule has 1 amide bonds. The predicted octanol–water partition coefficient (Wildman–Crippen LogP) is 3.75. The van der Waals surface area contributed by atoms with Crippen LogP contribution in [0.5, 0.6) is 5.75 Å². The topological polar surface area (TPSA) is 82.3 Å². The van der Waals surface area contributed by atoms with E-state index in [0.717, 1.165) is 18.2 Å². The lowest BCUT2D eigenvalue weighted by atomic mass is 10.0. The molecule has 0 bridgehead atoms. The molecular weight excluding hydrogens is 416 g/mol. The van der Waals surface area contributed by atoms with E-state index in [1.807, 2.05) is 5.32 Å². The molecule has 0 saturated carbocycles. The minimum atomic E-state index is -4.84. The predicted molar refractivity (Wildman–Crippen MR) is 95.5 cm³/mol. The van der Waals surface area contributed by atoms with Crippen molar-refractivity contribution >= 4 is 23.2 Å². The van der Waals surface area contributed by atoms with Crippen LogP contribution in [0.25, 0.3) is 0 Å². The van der Waals surface area contributed by atoms with E-state index in [-0.39, 0.29) is 16.5 Å². The average molecular weight is 427 g/mol. The minimum absolute atomic E-state index is 0.0916. The molecule has 0 fully saturated rings. The molecule has 0 aliphatic carbocycles. The Labute approximate surface area is 167 Å². The Balaban J connectivity index is 2.19. The normalized spacial score (nSPS) is 13.0. The first kappa shape index (κ1) is 22.0. The molecule has 0 aromatic heterocycles. The number of benzene rings is 2. The number of alkyl halides is 3. The summed E-state index contributed by atoms with van der Waals surface area (Å²) in [6.45, 7) is -0.821. The number of terminal acetylenes is 1. The Morgan fingerprint density at radius 1 is 1.28 bits per heavy atom. The van der Waals surface area contributed by atoms with Crippen LogP contribution in [0.15, 0.2) is 36.4 Å². The first-order chi connectivity index (χ1) is 13.5. The fourth-order valence-electron chi connectivity index (χ4n) is 2.12. The lowest BCUT2D eigenvalue weighted by Crippen LogP contribution is -2.46. The number of anilines is 1. The Hall–Kier alpha value is -3.27. The number of hydrogen-bond acceptors (Lipinski definition) is 4. The molecule has 29 heavy (non-hydrogen) atoms. The van der Waals surface area contributed by atoms with E-state index in [1.54, 1.807) is 5.92 Å². The van der Waals surface area contributed by atoms with Crippen molar-refractivity contribution in [3.63, 3.8) is 0 Å². The van der Waals surface area contributed by atoms with Crippen molar-refractivity contribution in [2.45, 2.75) is 11.8 Å². The molecule has 2 aromatic rings. The second kappa shape index (κ2) is 8.39. The van der Waals surface area contributed by atoms with E-state index in [9.17, 15) is 27.5 Å². The van der Waals surface area contributed by atoms with Gasteiger partial charge in [-0.1, -0.05) is 17.5 Å². The summed E-state index contributed by atoms with van der Waals surface area (Å²) >= 11 is 5.53. The van der Waals surface area contributed by atoms with Crippen molar-refractivity contribution < 1.29 is 32.2 Å². The van der Waals surface area contributed by atoms with E-state index in [2.05, 4.69) is 0 Å². The van der Waals surface area contributed by atoms with Crippen LogP contribution < -0.4 is 10.1 Å². The molecule has 0 radical (unpaired) electrons. The highest BCUT2D eigenvalue weighted by Crippen LogP contribution is 2.33. The maximum atomic E-state index is 13.4. The van der Waals surface area contributed by atoms with Gasteiger partial charge in [-0.2, -0.15) is 18.4 Å². The smallest absolute Gasteiger partial charge is 0.417 e. The molecule has 0 spiro atoms. The average Bonchev–Trinajstić information content (AvgIpc) is 2.67. The van der Waals surface area contributed by atoms with Crippen LogP contribution in [0.1, 0.15) is 11.1 Å². The molecular formula is C19H11ClF4N2O3. The van der Waals surface area contributed by atoms with Gasteiger partial charge in [0.1, 0.15) is 18.2 Å². The zero-order valence-corrected chi connectivity index (χ0v) is 15.1. The second-order valence-corrected chi connectivity index (χ2v) is 6.10. The maximum Gasteiger partial charge on any atom is 0.417 e. The third kappa shape index (κ3) is 5.17. The fourth-order valence-corrected chi connectivity index (χ4v) is 2.23. The summed E-state index contributed by atoms with van der Waals surface area (Å²) in [6, 6.07) is 7.16. The van der Waals surface area contributed by atoms with Gasteiger partial charge < -0.3 is 15.2 Å². The number of aliphatic hydroxyl groups is 1. The second-order valence-electron chi connectivity index (χ2n) is 5.69. The summed E-state index contributed by atoms with van der Waals surface area (Å²) in [4.78, 5) is 12.3. The monoisotopic (exact) mass is 426 g/mol. The minimum Gasteiger partial charge on any atom is -0.489 e. The molecule has 0 aliphatic heterocycles. The van der Waals surface area contributed by atoms with Crippen LogP contribution in [0.3, 0.4) is 0 Å². The lowest BCUT2D eigenvalue weighted by molar-refractivity contribution is -0.138. The first-order valence-corrected chi connectivity index (χ1v) is 8.09. The summed E-state index contributed by atoms with van der Waals surface area (Å²) in [5, 5.41) is 20.9. The van der Waals surface area contributed by atoms with Crippen LogP contribution in [0, 0.1) is 29.5 Å². The van der Waals surface area contributed by atoms with Crippen molar-refractivity contribution in [2.24, 2.45) is 0 Å². The van der Waals surface area contributed by atoms with E-state index >= 15 is 0 Å². The van der Waals surface area contributed by atoms with Crippen molar-refractivity contribution in [1.29, 1.82) is 5.26 Å². The van der Waals surface area contributed by atoms with Crippen LogP contribution >= 0.6 is 11.6 Å². The summed E-state index contributed by atoms with van der Waals surface area (Å²) in [6.07, 6.45) is 0.328. The van der Waals surface area contributed by atoms with Gasteiger partial charge in [-0.25, -0.2) is 4.39 Å². The van der Waals surface area contributed by atoms with Gasteiger partial charge in [0.25, 0.3) is 5.91 Å². The Kier molecular flexibility index (Phi) is 6.38. The van der Waals surface area contributed by atoms with E-state index in [4.69, 9.17) is 28.0 Å². The summed E-state index contributed by atoms with van der Waals surface area (Å²) in [5.74, 6) is -0.373. The molecule has 150 valence electrons. The molecule has 5 nitrogen and oxygen atoms in total. The largest absolute Gasteiger partial charge is 0.489 e. The Morgan fingerprint density at radius 2 is 1.97 bits per heavy atom. The number of hydrogen-bond donors (Lipinski definition) is 2. The van der Waals surface area contributed by atoms with Gasteiger partial charge in [0.05, 0.1) is 22.2 Å². The van der Waals surface area contributed by atoms with Crippen molar-refractivity contribution in [1.82, 2.24) is 0 Å². The van der Waals surface area contributed by atoms with Gasteiger partial charge in [0.2, 0.25) is 5.60 Å². The Morgan fingerprint density at radius 3 is 2.52 bits per heavy atom. The van der Waals surface area contributed by atoms with Gasteiger partial charge in [-0.3, -0.25) is 4.79 Å². The molecule has 2 rings (SSSR count). The van der Waals surface area contributed by atoms with Gasteiger partial charge in [0, 0.05) is 11.8 Å². The van der Waals surface area contributed by atoms with Crippen LogP contribution in [-0.4, -0.2) is 23.2 Å². The third-order valence-electron chi connectivity index (χ3n) is 3.66. The summed E-state index contributed by atoms with van der Waals surface area (Å²) in [7, 11) is 0. The number of carbonyl (C=O) groups excluding carboxylic acids is 1. The highest BCUT2D eigenvalue weighted by Gasteiger charge is 2.37. The van der Waals surface area contributed by atoms with Crippen molar-refractivity contribution in [3.8, 4) is 24.2 Å². The quantitative estimate of drug-likeness (QED) is 0.563. The zero-order chi connectivity index (χ0) is 21.8. The van der Waals surface area contributed by atoms with E-state index in [0.29, 0.717) is 6.07 Å². The number of carbonyl (C=O) groups is 1. The molecule has 10 heteroatoms. The van der Waals surface area contributed by atoms with Crippen molar-refractivity contribution in [3.05, 3.63) is 58.4 Å². The fraction of sp³-hybridized carbons (Fsp3) is 0.158. The van der Waals surface area contributed by atoms with Crippen LogP contribution in [-0.2, 0) is 11.0 Å². The van der Waals surface area contributed by atoms with Gasteiger partial charge >= 0.3 is 6.18 Å². The number of rotatable bonds is 5. The lowest BCUT2D eigenvalue weighted by Gasteiger charge is -2.22. The molecule has 1 unspecified atom stereocenters. The SMILES string of the molecule is C#CC(O)(COc1ccc(Cl)c(F)c1)C(=O)Nc1ccc(C#N)c(C(F)(F)F)c1. The Bertz CT molecular complexity index is 1030. The molecule has 0 saturated heterocycles. The first-order valence-electron chi connectivity index (χ1n) is 7.71. The number of halogens is 5. The highest BCUT2D eigenvalue weighted by molar-refractivity contribution is 6.30. The molecule has 0 heterocycles. The molecule has 2 N–H and O–H groups in total. The summed E-state index contributed by atoms with van der Waals surface area (Å²) in [5.41, 5.74) is -4.85. The van der Waals surface area contributed by atoms with E-state index < -0.39 is 41.2 Å². The number of ether oxygens (including phenoxy) is 1. The highest BCUT2D eigenvalue weighted by atomic mass is 35.5. The number of nitrogens with zero attached hydrogens (tertiary/aromatic N) is 1. The van der Waals surface area contributed by atoms with Gasteiger partial charge in [-0.15, -0.1) is 6.42 Å². The standard InChI is InChI=1S/C19H11ClF4N2O3/c1-2-18(28,10-29-13-5-6-15(20)16(21)8-13)17(27)26-12-4-3-11(9-25)14(7-12)19(22,23)24/h1,3-8,28H,10H2,(H,26,27). The van der Waals surface area contributed by atoms with Crippen molar-refractivity contribution in [2.75, 3.05) is 11.9 Å². The van der Waals surface area contributed by atoms with E-state index in [1.165, 1.54) is 18.2 Å². The maximum absolute atomic E-state index is 13.4. The number of amides is 1. The zero-order valence-electron chi connectivity index (χ0n) is 14.3. The van der Waals surface area contributed by atoms with Gasteiger partial charge in [-0.05, 0) is 30.3 Å². The van der Waals surface area contributed by atoms with Crippen LogP contribution in [0.2, 0.25) is 5.02 Å². The number of nitrogens with one attached hydrogen (secondary N) is 1. The number of nitriles is 1. The summed E-state index contributed by atoms with van der Waals surface area (Å²) < 4.78 is 57.6. The molecule has 1 atom stereocenters.